The Morgan fingerprint density at radius 2 is 1.71 bits per heavy atom. The fourth-order valence-electron chi connectivity index (χ4n) is 2.99. The lowest BCUT2D eigenvalue weighted by Gasteiger charge is -2.32. The summed E-state index contributed by atoms with van der Waals surface area (Å²) in [4.78, 5) is 2.51. The van der Waals surface area contributed by atoms with Crippen LogP contribution in [0.4, 0.5) is 0 Å². The molecule has 1 N–H and O–H groups in total. The van der Waals surface area contributed by atoms with Crippen LogP contribution in [0.2, 0.25) is 0 Å². The number of benzene rings is 1. The highest BCUT2D eigenvalue weighted by molar-refractivity contribution is 5.19. The Labute approximate surface area is 131 Å². The lowest BCUT2D eigenvalue weighted by Crippen LogP contribution is -2.38. The molecule has 3 atom stereocenters. The van der Waals surface area contributed by atoms with Gasteiger partial charge in [0.25, 0.3) is 0 Å². The minimum Gasteiger partial charge on any atom is -0.310 e. The molecule has 1 aromatic carbocycles. The van der Waals surface area contributed by atoms with Crippen LogP contribution in [-0.2, 0) is 0 Å². The first-order valence-electron chi connectivity index (χ1n) is 8.58. The van der Waals surface area contributed by atoms with E-state index in [-0.39, 0.29) is 0 Å². The summed E-state index contributed by atoms with van der Waals surface area (Å²) in [5.74, 6) is 0.600. The van der Waals surface area contributed by atoms with E-state index in [0.717, 1.165) is 13.1 Å². The summed E-state index contributed by atoms with van der Waals surface area (Å²) in [5.41, 5.74) is 1.41. The number of nitrogens with one attached hydrogen (secondary N) is 1. The third-order valence-electron chi connectivity index (χ3n) is 4.38. The standard InChI is InChI=1S/C19H34N2/c1-6-11-17(4)21(5)15-16(3)19(20-14-7-2)18-12-9-8-10-13-18/h8-10,12-13,16-17,19-20H,6-7,11,14-15H2,1-5H3. The molecule has 0 amide bonds. The van der Waals surface area contributed by atoms with Gasteiger partial charge in [-0.1, -0.05) is 57.5 Å². The molecule has 0 saturated carbocycles. The Hall–Kier alpha value is -0.860. The summed E-state index contributed by atoms with van der Waals surface area (Å²) in [5, 5.41) is 3.74. The molecule has 1 aromatic rings. The van der Waals surface area contributed by atoms with Gasteiger partial charge in [0.15, 0.2) is 0 Å². The average Bonchev–Trinajstić information content (AvgIpc) is 2.49. The molecule has 0 aromatic heterocycles. The molecule has 0 bridgehead atoms. The summed E-state index contributed by atoms with van der Waals surface area (Å²) in [6, 6.07) is 12.0. The fourth-order valence-corrected chi connectivity index (χ4v) is 2.99. The summed E-state index contributed by atoms with van der Waals surface area (Å²) in [6.07, 6.45) is 3.72. The van der Waals surface area contributed by atoms with E-state index in [0.29, 0.717) is 18.0 Å². The Morgan fingerprint density at radius 3 is 2.29 bits per heavy atom. The van der Waals surface area contributed by atoms with Crippen LogP contribution in [0.3, 0.4) is 0 Å². The van der Waals surface area contributed by atoms with Gasteiger partial charge in [0.1, 0.15) is 0 Å². The van der Waals surface area contributed by atoms with Crippen molar-refractivity contribution in [3.05, 3.63) is 35.9 Å². The van der Waals surface area contributed by atoms with Crippen LogP contribution in [0.15, 0.2) is 30.3 Å². The van der Waals surface area contributed by atoms with Gasteiger partial charge in [0.2, 0.25) is 0 Å². The molecular formula is C19H34N2. The highest BCUT2D eigenvalue weighted by Crippen LogP contribution is 2.23. The van der Waals surface area contributed by atoms with Crippen molar-refractivity contribution < 1.29 is 0 Å². The predicted molar refractivity (Wildman–Crippen MR) is 93.6 cm³/mol. The van der Waals surface area contributed by atoms with Gasteiger partial charge in [-0.3, -0.25) is 0 Å². The van der Waals surface area contributed by atoms with Crippen LogP contribution in [0.25, 0.3) is 0 Å². The highest BCUT2D eigenvalue weighted by Gasteiger charge is 2.21. The maximum atomic E-state index is 3.74. The van der Waals surface area contributed by atoms with Gasteiger partial charge in [0.05, 0.1) is 0 Å². The molecule has 0 radical (unpaired) electrons. The van der Waals surface area contributed by atoms with Gasteiger partial charge in [-0.15, -0.1) is 0 Å². The SMILES string of the molecule is CCCNC(c1ccccc1)C(C)CN(C)C(C)CCC. The monoisotopic (exact) mass is 290 g/mol. The van der Waals surface area contributed by atoms with Crippen molar-refractivity contribution >= 4 is 0 Å². The molecule has 0 aliphatic carbocycles. The molecule has 0 saturated heterocycles. The summed E-state index contributed by atoms with van der Waals surface area (Å²) < 4.78 is 0. The van der Waals surface area contributed by atoms with Crippen molar-refractivity contribution in [1.82, 2.24) is 10.2 Å². The molecule has 0 fully saturated rings. The predicted octanol–water partition coefficient (Wildman–Crippen LogP) is 4.48. The van der Waals surface area contributed by atoms with Crippen molar-refractivity contribution in [2.24, 2.45) is 5.92 Å². The topological polar surface area (TPSA) is 15.3 Å². The van der Waals surface area contributed by atoms with Gasteiger partial charge in [-0.2, -0.15) is 0 Å². The van der Waals surface area contributed by atoms with Gasteiger partial charge in [0, 0.05) is 18.6 Å². The number of hydrogen-bond acceptors (Lipinski definition) is 2. The molecule has 120 valence electrons. The zero-order chi connectivity index (χ0) is 15.7. The maximum Gasteiger partial charge on any atom is 0.0358 e. The maximum absolute atomic E-state index is 3.74. The average molecular weight is 290 g/mol. The minimum absolute atomic E-state index is 0.447. The zero-order valence-corrected chi connectivity index (χ0v) is 14.6. The molecule has 1 rings (SSSR count). The molecule has 3 unspecified atom stereocenters. The van der Waals surface area contributed by atoms with Crippen LogP contribution in [0.1, 0.15) is 58.6 Å². The first kappa shape index (κ1) is 18.2. The second-order valence-electron chi connectivity index (χ2n) is 6.40. The van der Waals surface area contributed by atoms with Crippen LogP contribution < -0.4 is 5.32 Å². The van der Waals surface area contributed by atoms with Crippen LogP contribution in [-0.4, -0.2) is 31.1 Å². The Bertz CT molecular complexity index is 363. The second kappa shape index (κ2) is 9.97. The molecule has 2 heteroatoms. The zero-order valence-electron chi connectivity index (χ0n) is 14.6. The fraction of sp³-hybridized carbons (Fsp3) is 0.684. The van der Waals surface area contributed by atoms with E-state index in [1.54, 1.807) is 0 Å². The first-order valence-corrected chi connectivity index (χ1v) is 8.58. The smallest absolute Gasteiger partial charge is 0.0358 e. The lowest BCUT2D eigenvalue weighted by atomic mass is 9.93. The highest BCUT2D eigenvalue weighted by atomic mass is 15.1. The van der Waals surface area contributed by atoms with Crippen LogP contribution in [0.5, 0.6) is 0 Å². The molecular weight excluding hydrogens is 256 g/mol. The molecule has 0 aliphatic rings. The lowest BCUT2D eigenvalue weighted by molar-refractivity contribution is 0.192. The van der Waals surface area contributed by atoms with Crippen molar-refractivity contribution in [1.29, 1.82) is 0 Å². The van der Waals surface area contributed by atoms with E-state index < -0.39 is 0 Å². The Kier molecular flexibility index (Phi) is 8.63. The van der Waals surface area contributed by atoms with Crippen LogP contribution >= 0.6 is 0 Å². The van der Waals surface area contributed by atoms with Crippen molar-refractivity contribution in [3.63, 3.8) is 0 Å². The molecule has 0 spiro atoms. The minimum atomic E-state index is 0.447. The first-order chi connectivity index (χ1) is 10.1. The van der Waals surface area contributed by atoms with Crippen molar-refractivity contribution in [2.75, 3.05) is 20.1 Å². The summed E-state index contributed by atoms with van der Waals surface area (Å²) in [6.45, 7) is 11.4. The third kappa shape index (κ3) is 6.19. The quantitative estimate of drug-likeness (QED) is 0.683. The Balaban J connectivity index is 2.69. The molecule has 0 aliphatic heterocycles. The van der Waals surface area contributed by atoms with E-state index in [1.165, 1.54) is 24.8 Å². The van der Waals surface area contributed by atoms with Gasteiger partial charge >= 0.3 is 0 Å². The number of hydrogen-bond donors (Lipinski definition) is 1. The number of rotatable bonds is 10. The van der Waals surface area contributed by atoms with E-state index in [9.17, 15) is 0 Å². The second-order valence-corrected chi connectivity index (χ2v) is 6.40. The van der Waals surface area contributed by atoms with Crippen molar-refractivity contribution in [3.8, 4) is 0 Å². The molecule has 0 heterocycles. The largest absolute Gasteiger partial charge is 0.310 e. The van der Waals surface area contributed by atoms with Gasteiger partial charge in [-0.25, -0.2) is 0 Å². The van der Waals surface area contributed by atoms with E-state index in [4.69, 9.17) is 0 Å². The van der Waals surface area contributed by atoms with Crippen molar-refractivity contribution in [2.45, 2.75) is 59.0 Å². The normalized spacial score (nSPS) is 15.9. The van der Waals surface area contributed by atoms with Gasteiger partial charge in [-0.05, 0) is 44.8 Å². The summed E-state index contributed by atoms with van der Waals surface area (Å²) in [7, 11) is 2.26. The molecule has 21 heavy (non-hydrogen) atoms. The van der Waals surface area contributed by atoms with E-state index >= 15 is 0 Å². The van der Waals surface area contributed by atoms with E-state index in [2.05, 4.69) is 75.3 Å². The van der Waals surface area contributed by atoms with Crippen LogP contribution in [0, 0.1) is 5.92 Å². The Morgan fingerprint density at radius 1 is 1.05 bits per heavy atom. The number of nitrogens with zero attached hydrogens (tertiary/aromatic N) is 1. The summed E-state index contributed by atoms with van der Waals surface area (Å²) >= 11 is 0. The van der Waals surface area contributed by atoms with E-state index in [1.807, 2.05) is 0 Å². The van der Waals surface area contributed by atoms with Gasteiger partial charge < -0.3 is 10.2 Å². The molecule has 2 nitrogen and oxygen atoms in total. The third-order valence-corrected chi connectivity index (χ3v) is 4.38.